The average Bonchev–Trinajstić information content (AvgIpc) is 2.49. The van der Waals surface area contributed by atoms with Crippen molar-refractivity contribution in [3.8, 4) is 0 Å². The summed E-state index contributed by atoms with van der Waals surface area (Å²) in [6.45, 7) is 0.374. The number of hydrogen-bond donors (Lipinski definition) is 4. The van der Waals surface area contributed by atoms with E-state index in [0.29, 0.717) is 30.6 Å². The maximum absolute atomic E-state index is 12.2. The summed E-state index contributed by atoms with van der Waals surface area (Å²) in [7, 11) is 0. The van der Waals surface area contributed by atoms with Crippen molar-refractivity contribution in [2.45, 2.75) is 23.9 Å². The lowest BCUT2D eigenvalue weighted by atomic mass is 10.1. The third-order valence-electron chi connectivity index (χ3n) is 2.82. The zero-order valence-electron chi connectivity index (χ0n) is 12.3. The fourth-order valence-corrected chi connectivity index (χ4v) is 2.35. The highest BCUT2D eigenvalue weighted by molar-refractivity contribution is 7.98. The highest BCUT2D eigenvalue weighted by atomic mass is 32.2. The Morgan fingerprint density at radius 1 is 1.41 bits per heavy atom. The molecule has 22 heavy (non-hydrogen) atoms. The Morgan fingerprint density at radius 3 is 2.73 bits per heavy atom. The number of nitrogens with zero attached hydrogens (tertiary/aromatic N) is 2. The number of carbonyl (C=O) groups is 1. The van der Waals surface area contributed by atoms with Gasteiger partial charge in [-0.3, -0.25) is 9.79 Å². The van der Waals surface area contributed by atoms with Crippen molar-refractivity contribution < 1.29 is 4.79 Å². The van der Waals surface area contributed by atoms with Crippen LogP contribution in [0.1, 0.15) is 23.2 Å². The summed E-state index contributed by atoms with van der Waals surface area (Å²) < 4.78 is 0. The number of thioether (sulfide) groups is 1. The van der Waals surface area contributed by atoms with E-state index in [1.54, 1.807) is 18.2 Å². The summed E-state index contributed by atoms with van der Waals surface area (Å²) in [6, 6.07) is 5.05. The Balaban J connectivity index is 2.67. The van der Waals surface area contributed by atoms with E-state index in [2.05, 4.69) is 15.5 Å². The molecule has 1 rings (SSSR count). The Labute approximate surface area is 132 Å². The van der Waals surface area contributed by atoms with Crippen LogP contribution in [0.15, 0.2) is 33.3 Å². The molecule has 9 heteroatoms. The normalized spacial score (nSPS) is 11.5. The number of guanidine groups is 1. The lowest BCUT2D eigenvalue weighted by Gasteiger charge is -2.13. The second-order valence-electron chi connectivity index (χ2n) is 4.50. The maximum atomic E-state index is 12.2. The molecule has 0 aliphatic rings. The lowest BCUT2D eigenvalue weighted by Crippen LogP contribution is -2.33. The molecule has 0 aromatic heterocycles. The quantitative estimate of drug-likeness (QED) is 0.139. The van der Waals surface area contributed by atoms with E-state index < -0.39 is 6.17 Å². The molecule has 0 spiro atoms. The van der Waals surface area contributed by atoms with Gasteiger partial charge in [-0.1, -0.05) is 0 Å². The molecule has 0 radical (unpaired) electrons. The topological polar surface area (TPSA) is 149 Å². The summed E-state index contributed by atoms with van der Waals surface area (Å²) in [5.41, 5.74) is 17.0. The first kappa shape index (κ1) is 17.8. The third-order valence-corrected chi connectivity index (χ3v) is 3.62. The van der Waals surface area contributed by atoms with Crippen LogP contribution in [0.4, 0.5) is 5.69 Å². The van der Waals surface area contributed by atoms with Crippen molar-refractivity contribution in [1.82, 2.24) is 5.32 Å². The monoisotopic (exact) mass is 324 g/mol. The van der Waals surface area contributed by atoms with Gasteiger partial charge in [0.2, 0.25) is 0 Å². The van der Waals surface area contributed by atoms with Crippen LogP contribution in [0, 0.1) is 4.91 Å². The molecule has 1 aromatic carbocycles. The number of amides is 1. The first-order valence-corrected chi connectivity index (χ1v) is 7.82. The average molecular weight is 324 g/mol. The number of nitrogens with one attached hydrogen (secondary N) is 1. The van der Waals surface area contributed by atoms with Gasteiger partial charge in [0.15, 0.2) is 12.1 Å². The molecule has 120 valence electrons. The summed E-state index contributed by atoms with van der Waals surface area (Å²) in [4.78, 5) is 27.7. The fraction of sp³-hybridized carbons (Fsp3) is 0.385. The number of anilines is 1. The van der Waals surface area contributed by atoms with Gasteiger partial charge < -0.3 is 22.5 Å². The van der Waals surface area contributed by atoms with Gasteiger partial charge in [0.1, 0.15) is 0 Å². The number of nitrogen functional groups attached to an aromatic ring is 1. The van der Waals surface area contributed by atoms with E-state index in [4.69, 9.17) is 17.2 Å². The molecule has 0 saturated carbocycles. The molecule has 0 aliphatic carbocycles. The van der Waals surface area contributed by atoms with E-state index in [-0.39, 0.29) is 11.9 Å². The number of benzene rings is 1. The van der Waals surface area contributed by atoms with Gasteiger partial charge in [-0.2, -0.15) is 0 Å². The highest BCUT2D eigenvalue weighted by Crippen LogP contribution is 2.22. The molecule has 0 unspecified atom stereocenters. The number of carbonyl (C=O) groups excluding carboxylic acids is 1. The molecule has 0 aliphatic heterocycles. The van der Waals surface area contributed by atoms with Crippen LogP contribution in [0.2, 0.25) is 0 Å². The van der Waals surface area contributed by atoms with Gasteiger partial charge in [0.25, 0.3) is 5.91 Å². The van der Waals surface area contributed by atoms with Crippen LogP contribution in [0.5, 0.6) is 0 Å². The highest BCUT2D eigenvalue weighted by Gasteiger charge is 2.16. The van der Waals surface area contributed by atoms with Gasteiger partial charge in [-0.25, -0.2) is 0 Å². The van der Waals surface area contributed by atoms with Crippen LogP contribution in [-0.2, 0) is 0 Å². The molecule has 8 nitrogen and oxygen atoms in total. The van der Waals surface area contributed by atoms with Gasteiger partial charge >= 0.3 is 0 Å². The van der Waals surface area contributed by atoms with E-state index in [1.807, 2.05) is 6.26 Å². The predicted molar refractivity (Wildman–Crippen MR) is 89.6 cm³/mol. The molecule has 1 aromatic rings. The lowest BCUT2D eigenvalue weighted by molar-refractivity contribution is 0.0933. The van der Waals surface area contributed by atoms with Gasteiger partial charge in [0, 0.05) is 17.1 Å². The van der Waals surface area contributed by atoms with E-state index in [1.165, 1.54) is 11.8 Å². The van der Waals surface area contributed by atoms with Gasteiger partial charge in [0.05, 0.1) is 5.56 Å². The minimum Gasteiger partial charge on any atom is -0.399 e. The Bertz CT molecular complexity index is 559. The molecular formula is C13H20N6O2S. The number of aliphatic imine (C=N–C) groups is 1. The number of nitrogens with two attached hydrogens (primary N) is 3. The number of nitroso groups, excluding NO2 is 1. The van der Waals surface area contributed by atoms with Crippen molar-refractivity contribution in [3.05, 3.63) is 28.7 Å². The Hall–Kier alpha value is -2.29. The first-order valence-electron chi connectivity index (χ1n) is 6.60. The zero-order chi connectivity index (χ0) is 16.5. The number of hydrogen-bond acceptors (Lipinski definition) is 6. The van der Waals surface area contributed by atoms with Crippen molar-refractivity contribution >= 4 is 29.3 Å². The first-order chi connectivity index (χ1) is 10.5. The molecule has 1 atom stereocenters. The van der Waals surface area contributed by atoms with Crippen molar-refractivity contribution in [1.29, 1.82) is 0 Å². The van der Waals surface area contributed by atoms with Crippen LogP contribution < -0.4 is 22.5 Å². The minimum absolute atomic E-state index is 0.0102. The largest absolute Gasteiger partial charge is 0.399 e. The van der Waals surface area contributed by atoms with Crippen molar-refractivity contribution in [2.75, 3.05) is 18.5 Å². The standard InChI is InChI=1S/C13H20N6O2S/c1-22-10-5-4-8(14)7-9(10)12(20)18-11(19-21)3-2-6-17-13(15)16/h4-5,7,11H,2-3,6,14H2,1H3,(H,18,20)(H4,15,16,17)/t11-/m1/s1. The molecule has 0 fully saturated rings. The Morgan fingerprint density at radius 2 is 2.14 bits per heavy atom. The van der Waals surface area contributed by atoms with Crippen LogP contribution >= 0.6 is 11.8 Å². The third kappa shape index (κ3) is 5.60. The minimum atomic E-state index is -0.835. The van der Waals surface area contributed by atoms with Crippen LogP contribution in [0.3, 0.4) is 0 Å². The summed E-state index contributed by atoms with van der Waals surface area (Å²) in [5.74, 6) is -0.396. The van der Waals surface area contributed by atoms with Gasteiger partial charge in [-0.05, 0) is 42.5 Å². The van der Waals surface area contributed by atoms with Crippen LogP contribution in [0.25, 0.3) is 0 Å². The number of rotatable bonds is 8. The molecule has 0 heterocycles. The molecule has 0 saturated heterocycles. The smallest absolute Gasteiger partial charge is 0.254 e. The van der Waals surface area contributed by atoms with Crippen LogP contribution in [-0.4, -0.2) is 30.8 Å². The maximum Gasteiger partial charge on any atom is 0.254 e. The Kier molecular flexibility index (Phi) is 7.17. The van der Waals surface area contributed by atoms with E-state index >= 15 is 0 Å². The SMILES string of the molecule is CSc1ccc(N)cc1C(=O)N[C@@H](CCCN=C(N)N)N=O. The van der Waals surface area contributed by atoms with Crippen molar-refractivity contribution in [2.24, 2.45) is 21.6 Å². The second kappa shape index (κ2) is 8.88. The van der Waals surface area contributed by atoms with E-state index in [9.17, 15) is 9.70 Å². The molecule has 0 bridgehead atoms. The second-order valence-corrected chi connectivity index (χ2v) is 5.35. The molecular weight excluding hydrogens is 304 g/mol. The van der Waals surface area contributed by atoms with Gasteiger partial charge in [-0.15, -0.1) is 16.7 Å². The molecule has 1 amide bonds. The molecule has 7 N–H and O–H groups in total. The van der Waals surface area contributed by atoms with Crippen molar-refractivity contribution in [3.63, 3.8) is 0 Å². The summed E-state index contributed by atoms with van der Waals surface area (Å²) >= 11 is 1.42. The fourth-order valence-electron chi connectivity index (χ4n) is 1.78. The summed E-state index contributed by atoms with van der Waals surface area (Å²) in [6.07, 6.45) is 1.90. The predicted octanol–water partition coefficient (Wildman–Crippen LogP) is 0.867. The summed E-state index contributed by atoms with van der Waals surface area (Å²) in [5, 5.41) is 5.49. The van der Waals surface area contributed by atoms with E-state index in [0.717, 1.165) is 4.90 Å². The zero-order valence-corrected chi connectivity index (χ0v) is 13.1.